The van der Waals surface area contributed by atoms with Crippen molar-refractivity contribution < 1.29 is 4.42 Å². The van der Waals surface area contributed by atoms with E-state index in [9.17, 15) is 0 Å². The van der Waals surface area contributed by atoms with Crippen LogP contribution in [0.5, 0.6) is 0 Å². The van der Waals surface area contributed by atoms with E-state index < -0.39 is 0 Å². The van der Waals surface area contributed by atoms with Gasteiger partial charge in [0.25, 0.3) is 0 Å². The van der Waals surface area contributed by atoms with Crippen LogP contribution in [0.3, 0.4) is 0 Å². The predicted octanol–water partition coefficient (Wildman–Crippen LogP) is 9.63. The molecule has 0 fully saturated rings. The van der Waals surface area contributed by atoms with E-state index in [0.29, 0.717) is 0 Å². The number of para-hydroxylation sites is 1. The number of aromatic nitrogens is 1. The van der Waals surface area contributed by atoms with Gasteiger partial charge in [0, 0.05) is 28.7 Å². The van der Waals surface area contributed by atoms with Crippen molar-refractivity contribution in [3.8, 4) is 55.6 Å². The Kier molecular flexibility index (Phi) is 4.26. The van der Waals surface area contributed by atoms with Gasteiger partial charge >= 0.3 is 0 Å². The Bertz CT molecular complexity index is 1990. The van der Waals surface area contributed by atoms with Gasteiger partial charge in [0.2, 0.25) is 0 Å². The van der Waals surface area contributed by atoms with Crippen molar-refractivity contribution in [2.24, 2.45) is 0 Å². The van der Waals surface area contributed by atoms with Crippen LogP contribution in [0.4, 0.5) is 0 Å². The van der Waals surface area contributed by atoms with Gasteiger partial charge in [-0.05, 0) is 62.2 Å². The highest BCUT2D eigenvalue weighted by Crippen LogP contribution is 2.48. The van der Waals surface area contributed by atoms with Crippen LogP contribution in [0.25, 0.3) is 77.6 Å². The second kappa shape index (κ2) is 7.78. The molecule has 2 heterocycles. The van der Waals surface area contributed by atoms with Crippen LogP contribution in [-0.4, -0.2) is 4.98 Å². The van der Waals surface area contributed by atoms with E-state index in [1.54, 1.807) is 6.20 Å². The summed E-state index contributed by atoms with van der Waals surface area (Å²) in [5.41, 5.74) is 14.0. The number of pyridine rings is 1. The van der Waals surface area contributed by atoms with Gasteiger partial charge in [-0.3, -0.25) is 4.98 Å². The Hall–Kier alpha value is -4.95. The Labute approximate surface area is 214 Å². The molecule has 1 aliphatic rings. The fourth-order valence-electron chi connectivity index (χ4n) is 5.90. The van der Waals surface area contributed by atoms with Crippen LogP contribution in [-0.2, 0) is 0 Å². The summed E-state index contributed by atoms with van der Waals surface area (Å²) in [6.45, 7) is 0. The maximum absolute atomic E-state index is 6.36. The molecule has 0 saturated carbocycles. The number of benzene rings is 5. The van der Waals surface area contributed by atoms with E-state index in [-0.39, 0.29) is 0 Å². The maximum Gasteiger partial charge on any atom is 0.143 e. The van der Waals surface area contributed by atoms with Gasteiger partial charge in [-0.1, -0.05) is 103 Å². The maximum atomic E-state index is 6.36. The first-order valence-electron chi connectivity index (χ1n) is 12.5. The van der Waals surface area contributed by atoms with Crippen LogP contribution in [0.2, 0.25) is 0 Å². The summed E-state index contributed by atoms with van der Waals surface area (Å²) in [6, 6.07) is 41.4. The number of hydrogen-bond donors (Lipinski definition) is 0. The largest absolute Gasteiger partial charge is 0.455 e. The summed E-state index contributed by atoms with van der Waals surface area (Å²) in [6.07, 6.45) is 3.66. The molecule has 2 heteroatoms. The highest BCUT2D eigenvalue weighted by Gasteiger charge is 2.22. The van der Waals surface area contributed by atoms with Gasteiger partial charge in [0.1, 0.15) is 11.2 Å². The average molecular weight is 472 g/mol. The van der Waals surface area contributed by atoms with E-state index in [1.807, 2.05) is 12.3 Å². The van der Waals surface area contributed by atoms with Crippen molar-refractivity contribution in [3.63, 3.8) is 0 Å². The molecule has 0 bridgehead atoms. The Balaban J connectivity index is 1.45. The molecule has 1 aliphatic carbocycles. The number of fused-ring (bicyclic) bond motifs is 11. The molecule has 5 aromatic carbocycles. The zero-order valence-corrected chi connectivity index (χ0v) is 20.0. The smallest absolute Gasteiger partial charge is 0.143 e. The predicted molar refractivity (Wildman–Crippen MR) is 152 cm³/mol. The lowest BCUT2D eigenvalue weighted by Crippen LogP contribution is -1.97. The summed E-state index contributed by atoms with van der Waals surface area (Å²) in [5.74, 6) is 0. The molecular formula is C35H21NO. The van der Waals surface area contributed by atoms with E-state index in [0.717, 1.165) is 33.1 Å². The van der Waals surface area contributed by atoms with Crippen molar-refractivity contribution in [3.05, 3.63) is 128 Å². The van der Waals surface area contributed by atoms with Gasteiger partial charge in [0.05, 0.1) is 0 Å². The average Bonchev–Trinajstić information content (AvgIpc) is 3.35. The number of furan rings is 1. The first-order valence-corrected chi connectivity index (χ1v) is 12.5. The van der Waals surface area contributed by atoms with Gasteiger partial charge in [-0.15, -0.1) is 0 Å². The third-order valence-electron chi connectivity index (χ3n) is 7.57. The quantitative estimate of drug-likeness (QED) is 0.238. The van der Waals surface area contributed by atoms with Gasteiger partial charge in [0.15, 0.2) is 0 Å². The lowest BCUT2D eigenvalue weighted by Gasteiger charge is -2.23. The molecule has 0 aliphatic heterocycles. The second-order valence-corrected chi connectivity index (χ2v) is 9.55. The van der Waals surface area contributed by atoms with Crippen LogP contribution in [0.1, 0.15) is 0 Å². The van der Waals surface area contributed by atoms with E-state index in [2.05, 4.69) is 114 Å². The minimum absolute atomic E-state index is 0.861. The number of rotatable bonds is 1. The SMILES string of the molecule is c1ccc2c(c1)-c1ccccc1-c1ccc(-c3cccc4c3oc3ccncc34)cc1-c1ccccc1-2. The van der Waals surface area contributed by atoms with Crippen LogP contribution in [0, 0.1) is 0 Å². The molecule has 7 aromatic rings. The Morgan fingerprint density at radius 2 is 0.973 bits per heavy atom. The summed E-state index contributed by atoms with van der Waals surface area (Å²) < 4.78 is 6.36. The standard InChI is InChI=1S/C35H21NO/c1-2-9-25-24(8-1)26-10-3-4-12-28(26)30-17-16-22(20-32(30)29-13-6-5-11-27(25)29)23-14-7-15-31-33-21-36-19-18-34(33)37-35(23)31/h1-21H. The molecule has 172 valence electrons. The first-order chi connectivity index (χ1) is 18.4. The number of hydrogen-bond acceptors (Lipinski definition) is 2. The van der Waals surface area contributed by atoms with Crippen LogP contribution >= 0.6 is 0 Å². The summed E-state index contributed by atoms with van der Waals surface area (Å²) >= 11 is 0. The molecule has 8 rings (SSSR count). The molecule has 0 radical (unpaired) electrons. The highest BCUT2D eigenvalue weighted by atomic mass is 16.3. The van der Waals surface area contributed by atoms with Crippen molar-refractivity contribution >= 4 is 21.9 Å². The van der Waals surface area contributed by atoms with Gasteiger partial charge in [-0.2, -0.15) is 0 Å². The molecule has 0 spiro atoms. The Morgan fingerprint density at radius 1 is 0.432 bits per heavy atom. The molecule has 2 aromatic heterocycles. The molecule has 0 atom stereocenters. The third-order valence-corrected chi connectivity index (χ3v) is 7.57. The monoisotopic (exact) mass is 471 g/mol. The molecule has 0 saturated heterocycles. The van der Waals surface area contributed by atoms with Crippen LogP contribution < -0.4 is 0 Å². The molecule has 0 unspecified atom stereocenters. The third kappa shape index (κ3) is 2.96. The molecular weight excluding hydrogens is 450 g/mol. The summed E-state index contributed by atoms with van der Waals surface area (Å²) in [5, 5.41) is 2.13. The molecule has 0 amide bonds. The second-order valence-electron chi connectivity index (χ2n) is 9.55. The lowest BCUT2D eigenvalue weighted by atomic mass is 9.80. The Morgan fingerprint density at radius 3 is 1.59 bits per heavy atom. The van der Waals surface area contributed by atoms with Crippen molar-refractivity contribution in [2.75, 3.05) is 0 Å². The normalized spacial score (nSPS) is 11.8. The zero-order chi connectivity index (χ0) is 24.3. The number of nitrogens with zero attached hydrogens (tertiary/aromatic N) is 1. The molecule has 2 nitrogen and oxygen atoms in total. The molecule has 0 N–H and O–H groups in total. The van der Waals surface area contributed by atoms with Gasteiger partial charge in [-0.25, -0.2) is 0 Å². The van der Waals surface area contributed by atoms with Crippen molar-refractivity contribution in [1.82, 2.24) is 4.98 Å². The van der Waals surface area contributed by atoms with E-state index in [1.165, 1.54) is 44.5 Å². The van der Waals surface area contributed by atoms with Crippen LogP contribution in [0.15, 0.2) is 132 Å². The highest BCUT2D eigenvalue weighted by molar-refractivity contribution is 6.10. The minimum atomic E-state index is 0.861. The van der Waals surface area contributed by atoms with E-state index in [4.69, 9.17) is 4.42 Å². The van der Waals surface area contributed by atoms with E-state index >= 15 is 0 Å². The fraction of sp³-hybridized carbons (Fsp3) is 0. The topological polar surface area (TPSA) is 26.0 Å². The fourth-order valence-corrected chi connectivity index (χ4v) is 5.90. The van der Waals surface area contributed by atoms with Gasteiger partial charge < -0.3 is 4.42 Å². The van der Waals surface area contributed by atoms with Crippen molar-refractivity contribution in [1.29, 1.82) is 0 Å². The first kappa shape index (κ1) is 20.3. The minimum Gasteiger partial charge on any atom is -0.455 e. The molecule has 37 heavy (non-hydrogen) atoms. The lowest BCUT2D eigenvalue weighted by molar-refractivity contribution is 0.669. The van der Waals surface area contributed by atoms with Crippen molar-refractivity contribution in [2.45, 2.75) is 0 Å². The zero-order valence-electron chi connectivity index (χ0n) is 20.0. The summed E-state index contributed by atoms with van der Waals surface area (Å²) in [4.78, 5) is 4.32. The summed E-state index contributed by atoms with van der Waals surface area (Å²) in [7, 11) is 0.